The van der Waals surface area contributed by atoms with Crippen molar-refractivity contribution in [1.82, 2.24) is 4.98 Å². The van der Waals surface area contributed by atoms with Gasteiger partial charge in [0.25, 0.3) is 0 Å². The summed E-state index contributed by atoms with van der Waals surface area (Å²) in [5.74, 6) is -1.78. The van der Waals surface area contributed by atoms with Crippen molar-refractivity contribution in [2.24, 2.45) is 16.8 Å². The van der Waals surface area contributed by atoms with Crippen molar-refractivity contribution < 1.29 is 19.1 Å². The lowest BCUT2D eigenvalue weighted by Gasteiger charge is -2.31. The Morgan fingerprint density at radius 3 is 2.06 bits per heavy atom. The number of benzene rings is 2. The van der Waals surface area contributed by atoms with Crippen molar-refractivity contribution in [3.8, 4) is 0 Å². The minimum atomic E-state index is -0.623. The molecule has 0 spiro atoms. The van der Waals surface area contributed by atoms with Crippen LogP contribution in [-0.4, -0.2) is 35.8 Å². The third-order valence-electron chi connectivity index (χ3n) is 6.40. The van der Waals surface area contributed by atoms with E-state index in [-0.39, 0.29) is 25.1 Å². The number of aryl methyl sites for hydroxylation is 1. The molecule has 0 N–H and O–H groups in total. The molecule has 2 heterocycles. The molecule has 4 rings (SSSR count). The Kier molecular flexibility index (Phi) is 7.06. The summed E-state index contributed by atoms with van der Waals surface area (Å²) in [5, 5.41) is 2.15. The molecule has 2 unspecified atom stereocenters. The van der Waals surface area contributed by atoms with E-state index in [9.17, 15) is 9.59 Å². The molecule has 0 aliphatic carbocycles. The van der Waals surface area contributed by atoms with Gasteiger partial charge < -0.3 is 9.47 Å². The predicted molar refractivity (Wildman–Crippen MR) is 134 cm³/mol. The maximum atomic E-state index is 13.0. The van der Waals surface area contributed by atoms with Crippen LogP contribution in [0.25, 0.3) is 21.8 Å². The number of aromatic nitrogens is 1. The number of ether oxygens (including phenoxy) is 2. The second kappa shape index (κ2) is 10.2. The lowest BCUT2D eigenvalue weighted by atomic mass is 9.76. The van der Waals surface area contributed by atoms with E-state index in [2.05, 4.69) is 17.1 Å². The number of carbonyl (C=O) groups excluding carboxylic acids is 2. The van der Waals surface area contributed by atoms with Gasteiger partial charge >= 0.3 is 11.9 Å². The Bertz CT molecular complexity index is 1250. The summed E-state index contributed by atoms with van der Waals surface area (Å²) in [6.45, 7) is 7.72. The molecule has 6 nitrogen and oxygen atoms in total. The molecule has 1 aliphatic heterocycles. The van der Waals surface area contributed by atoms with E-state index in [1.165, 1.54) is 0 Å². The molecule has 0 radical (unpaired) electrons. The van der Waals surface area contributed by atoms with Crippen LogP contribution in [0.15, 0.2) is 64.8 Å². The van der Waals surface area contributed by atoms with Crippen LogP contribution in [0.5, 0.6) is 0 Å². The van der Waals surface area contributed by atoms with Gasteiger partial charge in [0.2, 0.25) is 0 Å². The van der Waals surface area contributed by atoms with E-state index in [4.69, 9.17) is 14.5 Å². The maximum absolute atomic E-state index is 13.0. The lowest BCUT2D eigenvalue weighted by Crippen LogP contribution is -2.38. The number of carbonyl (C=O) groups is 2. The van der Waals surface area contributed by atoms with Gasteiger partial charge in [-0.3, -0.25) is 9.79 Å². The number of rotatable bonds is 7. The first kappa shape index (κ1) is 23.6. The number of pyridine rings is 1. The standard InChI is InChI=1S/C28H30N2O4/c1-5-33-27(31)25-17(3)29-18(4)26(28(32)34-6-2)22(25)16-15-19-20-11-7-9-13-23(20)30-24-14-10-8-12-21(19)24/h7-14,22,25H,5-6,15-16H2,1-4H3. The lowest BCUT2D eigenvalue weighted by molar-refractivity contribution is -0.147. The third-order valence-corrected chi connectivity index (χ3v) is 6.40. The van der Waals surface area contributed by atoms with Gasteiger partial charge in [0.05, 0.1) is 29.8 Å². The molecule has 0 saturated carbocycles. The Labute approximate surface area is 199 Å². The molecule has 34 heavy (non-hydrogen) atoms. The van der Waals surface area contributed by atoms with Gasteiger partial charge in [0.15, 0.2) is 0 Å². The van der Waals surface area contributed by atoms with Gasteiger partial charge in [-0.2, -0.15) is 0 Å². The number of hydrogen-bond acceptors (Lipinski definition) is 6. The average Bonchev–Trinajstić information content (AvgIpc) is 2.81. The molecule has 0 bridgehead atoms. The zero-order valence-corrected chi connectivity index (χ0v) is 20.1. The van der Waals surface area contributed by atoms with Gasteiger partial charge in [0, 0.05) is 28.1 Å². The highest BCUT2D eigenvalue weighted by atomic mass is 16.5. The van der Waals surface area contributed by atoms with Crippen LogP contribution in [-0.2, 0) is 25.5 Å². The fraction of sp³-hybridized carbons (Fsp3) is 0.357. The van der Waals surface area contributed by atoms with Crippen LogP contribution >= 0.6 is 0 Å². The van der Waals surface area contributed by atoms with Gasteiger partial charge in [0.1, 0.15) is 5.92 Å². The van der Waals surface area contributed by atoms with Crippen LogP contribution < -0.4 is 0 Å². The summed E-state index contributed by atoms with van der Waals surface area (Å²) in [6, 6.07) is 16.2. The first-order valence-corrected chi connectivity index (χ1v) is 11.8. The number of esters is 2. The number of nitrogens with zero attached hydrogens (tertiary/aromatic N) is 2. The number of hydrogen-bond donors (Lipinski definition) is 0. The van der Waals surface area contributed by atoms with Crippen LogP contribution in [0.3, 0.4) is 0 Å². The maximum Gasteiger partial charge on any atom is 0.336 e. The fourth-order valence-corrected chi connectivity index (χ4v) is 5.00. The number of aliphatic imine (C=N–C) groups is 1. The van der Waals surface area contributed by atoms with E-state index in [0.29, 0.717) is 29.8 Å². The Hall–Kier alpha value is -3.54. The molecule has 1 aromatic heterocycles. The van der Waals surface area contributed by atoms with Gasteiger partial charge in [-0.05, 0) is 58.2 Å². The predicted octanol–water partition coefficient (Wildman–Crippen LogP) is 5.43. The Morgan fingerprint density at radius 1 is 0.882 bits per heavy atom. The van der Waals surface area contributed by atoms with Crippen molar-refractivity contribution in [1.29, 1.82) is 0 Å². The van der Waals surface area contributed by atoms with E-state index < -0.39 is 11.9 Å². The molecular formula is C28H30N2O4. The number of para-hydroxylation sites is 2. The summed E-state index contributed by atoms with van der Waals surface area (Å²) >= 11 is 0. The van der Waals surface area contributed by atoms with Crippen molar-refractivity contribution in [2.75, 3.05) is 13.2 Å². The second-order valence-corrected chi connectivity index (χ2v) is 8.47. The monoisotopic (exact) mass is 458 g/mol. The Morgan fingerprint density at radius 2 is 1.47 bits per heavy atom. The summed E-state index contributed by atoms with van der Waals surface area (Å²) in [7, 11) is 0. The zero-order valence-electron chi connectivity index (χ0n) is 20.1. The molecule has 1 aliphatic rings. The second-order valence-electron chi connectivity index (χ2n) is 8.47. The first-order chi connectivity index (χ1) is 16.5. The van der Waals surface area contributed by atoms with Crippen LogP contribution in [0.1, 0.15) is 39.7 Å². The minimum absolute atomic E-state index is 0.259. The quantitative estimate of drug-likeness (QED) is 0.349. The molecule has 2 atom stereocenters. The van der Waals surface area contributed by atoms with Crippen molar-refractivity contribution in [3.05, 3.63) is 65.4 Å². The van der Waals surface area contributed by atoms with E-state index in [0.717, 1.165) is 27.4 Å². The number of fused-ring (bicyclic) bond motifs is 2. The van der Waals surface area contributed by atoms with Gasteiger partial charge in [-0.1, -0.05) is 36.4 Å². The first-order valence-electron chi connectivity index (χ1n) is 11.8. The van der Waals surface area contributed by atoms with Crippen LogP contribution in [0.4, 0.5) is 0 Å². The molecule has 0 amide bonds. The van der Waals surface area contributed by atoms with E-state index >= 15 is 0 Å². The van der Waals surface area contributed by atoms with Crippen molar-refractivity contribution in [2.45, 2.75) is 40.5 Å². The van der Waals surface area contributed by atoms with Crippen LogP contribution in [0, 0.1) is 11.8 Å². The third kappa shape index (κ3) is 4.45. The SMILES string of the molecule is CCOC(=O)C1=C(C)N=C(C)C(C(=O)OCC)C1CCc1c2ccccc2nc2ccccc12. The van der Waals surface area contributed by atoms with Gasteiger partial charge in [-0.25, -0.2) is 9.78 Å². The highest BCUT2D eigenvalue weighted by Gasteiger charge is 2.41. The topological polar surface area (TPSA) is 77.8 Å². The van der Waals surface area contributed by atoms with Crippen molar-refractivity contribution in [3.63, 3.8) is 0 Å². The molecule has 3 aromatic rings. The summed E-state index contributed by atoms with van der Waals surface area (Å²) in [5.41, 5.74) is 4.75. The molecular weight excluding hydrogens is 428 g/mol. The smallest absolute Gasteiger partial charge is 0.336 e. The highest BCUT2D eigenvalue weighted by molar-refractivity contribution is 6.05. The molecule has 0 saturated heterocycles. The fourth-order valence-electron chi connectivity index (χ4n) is 5.00. The molecule has 176 valence electrons. The molecule has 2 aromatic carbocycles. The largest absolute Gasteiger partial charge is 0.465 e. The normalized spacial score (nSPS) is 18.2. The Balaban J connectivity index is 1.79. The average molecular weight is 459 g/mol. The van der Waals surface area contributed by atoms with Crippen molar-refractivity contribution >= 4 is 39.5 Å². The van der Waals surface area contributed by atoms with Gasteiger partial charge in [-0.15, -0.1) is 0 Å². The number of allylic oxidation sites excluding steroid dienone is 1. The summed E-state index contributed by atoms with van der Waals surface area (Å²) < 4.78 is 10.8. The molecule has 0 fully saturated rings. The van der Waals surface area contributed by atoms with Crippen LogP contribution in [0.2, 0.25) is 0 Å². The van der Waals surface area contributed by atoms with E-state index in [1.54, 1.807) is 20.8 Å². The summed E-state index contributed by atoms with van der Waals surface area (Å²) in [6.07, 6.45) is 1.23. The molecule has 6 heteroatoms. The zero-order chi connectivity index (χ0) is 24.2. The highest BCUT2D eigenvalue weighted by Crippen LogP contribution is 2.37. The minimum Gasteiger partial charge on any atom is -0.465 e. The van der Waals surface area contributed by atoms with E-state index in [1.807, 2.05) is 43.3 Å². The summed E-state index contributed by atoms with van der Waals surface area (Å²) in [4.78, 5) is 35.3.